The molecule has 0 aliphatic heterocycles. The highest BCUT2D eigenvalue weighted by atomic mass is 35.5. The molecule has 2 rings (SSSR count). The van der Waals surface area contributed by atoms with Crippen molar-refractivity contribution in [2.75, 3.05) is 11.9 Å². The Kier molecular flexibility index (Phi) is 4.63. The molecule has 0 radical (unpaired) electrons. The smallest absolute Gasteiger partial charge is 0.146 e. The van der Waals surface area contributed by atoms with E-state index in [1.54, 1.807) is 6.07 Å². The Labute approximate surface area is 117 Å². The number of nitrogens with one attached hydrogen (secondary N) is 1. The predicted octanol–water partition coefficient (Wildman–Crippen LogP) is 4.49. The predicted molar refractivity (Wildman–Crippen MR) is 76.3 cm³/mol. The molecule has 4 heteroatoms. The molecule has 0 saturated carbocycles. The van der Waals surface area contributed by atoms with Crippen LogP contribution in [0.25, 0.3) is 0 Å². The summed E-state index contributed by atoms with van der Waals surface area (Å²) in [5.41, 5.74) is 1.45. The first-order valence-electron chi connectivity index (χ1n) is 6.09. The minimum Gasteiger partial charge on any atom is -0.494 e. The lowest BCUT2D eigenvalue weighted by atomic mass is 10.2. The number of anilines is 1. The van der Waals surface area contributed by atoms with Crippen LogP contribution in [-0.4, -0.2) is 6.61 Å². The molecule has 0 heterocycles. The van der Waals surface area contributed by atoms with E-state index in [9.17, 15) is 4.39 Å². The zero-order chi connectivity index (χ0) is 13.7. The van der Waals surface area contributed by atoms with Crippen molar-refractivity contribution >= 4 is 17.3 Å². The molecule has 2 aromatic carbocycles. The van der Waals surface area contributed by atoms with Crippen LogP contribution in [0, 0.1) is 5.82 Å². The molecule has 100 valence electrons. The highest BCUT2D eigenvalue weighted by Crippen LogP contribution is 2.20. The number of halogens is 2. The van der Waals surface area contributed by atoms with Crippen LogP contribution in [0.1, 0.15) is 12.5 Å². The minimum atomic E-state index is -0.310. The second kappa shape index (κ2) is 6.43. The maximum absolute atomic E-state index is 13.5. The summed E-state index contributed by atoms with van der Waals surface area (Å²) in [6.07, 6.45) is 0. The van der Waals surface area contributed by atoms with Gasteiger partial charge in [-0.1, -0.05) is 23.7 Å². The van der Waals surface area contributed by atoms with E-state index in [2.05, 4.69) is 5.32 Å². The fraction of sp³-hybridized carbons (Fsp3) is 0.200. The van der Waals surface area contributed by atoms with E-state index in [0.717, 1.165) is 11.3 Å². The topological polar surface area (TPSA) is 21.3 Å². The van der Waals surface area contributed by atoms with E-state index in [4.69, 9.17) is 16.3 Å². The lowest BCUT2D eigenvalue weighted by Crippen LogP contribution is -2.01. The van der Waals surface area contributed by atoms with E-state index < -0.39 is 0 Å². The summed E-state index contributed by atoms with van der Waals surface area (Å²) in [5.74, 6) is 0.524. The van der Waals surface area contributed by atoms with Crippen molar-refractivity contribution in [1.29, 1.82) is 0 Å². The Morgan fingerprint density at radius 1 is 1.16 bits per heavy atom. The largest absolute Gasteiger partial charge is 0.494 e. The van der Waals surface area contributed by atoms with Gasteiger partial charge in [-0.05, 0) is 42.8 Å². The number of hydrogen-bond acceptors (Lipinski definition) is 2. The summed E-state index contributed by atoms with van der Waals surface area (Å²) in [7, 11) is 0. The van der Waals surface area contributed by atoms with Crippen molar-refractivity contribution in [2.45, 2.75) is 13.5 Å². The third-order valence-electron chi connectivity index (χ3n) is 2.65. The zero-order valence-electron chi connectivity index (χ0n) is 10.6. The molecule has 0 saturated heterocycles. The molecule has 0 fully saturated rings. The van der Waals surface area contributed by atoms with E-state index >= 15 is 0 Å². The number of benzene rings is 2. The summed E-state index contributed by atoms with van der Waals surface area (Å²) in [5, 5.41) is 3.53. The summed E-state index contributed by atoms with van der Waals surface area (Å²) in [6, 6.07) is 12.1. The standard InChI is InChI=1S/C15H15ClFNO/c1-2-19-13-6-3-11(4-7-13)10-18-15-9-12(16)5-8-14(15)17/h3-9,18H,2,10H2,1H3. The van der Waals surface area contributed by atoms with Gasteiger partial charge in [0, 0.05) is 11.6 Å². The average Bonchev–Trinajstić information content (AvgIpc) is 2.42. The molecule has 0 bridgehead atoms. The van der Waals surface area contributed by atoms with Crippen LogP contribution in [0.2, 0.25) is 5.02 Å². The highest BCUT2D eigenvalue weighted by molar-refractivity contribution is 6.30. The van der Waals surface area contributed by atoms with Crippen molar-refractivity contribution in [3.63, 3.8) is 0 Å². The lowest BCUT2D eigenvalue weighted by molar-refractivity contribution is 0.340. The van der Waals surface area contributed by atoms with Gasteiger partial charge in [-0.2, -0.15) is 0 Å². The number of rotatable bonds is 5. The molecule has 0 aromatic heterocycles. The molecule has 0 aliphatic carbocycles. The van der Waals surface area contributed by atoms with E-state index in [1.807, 2.05) is 31.2 Å². The minimum absolute atomic E-state index is 0.310. The van der Waals surface area contributed by atoms with E-state index in [1.165, 1.54) is 12.1 Å². The second-order valence-electron chi connectivity index (χ2n) is 4.05. The fourth-order valence-corrected chi connectivity index (χ4v) is 1.87. The molecule has 0 unspecified atom stereocenters. The van der Waals surface area contributed by atoms with Gasteiger partial charge < -0.3 is 10.1 Å². The number of hydrogen-bond donors (Lipinski definition) is 1. The van der Waals surface area contributed by atoms with Gasteiger partial charge in [0.25, 0.3) is 0 Å². The van der Waals surface area contributed by atoms with Crippen molar-refractivity contribution < 1.29 is 9.13 Å². The van der Waals surface area contributed by atoms with Crippen LogP contribution in [-0.2, 0) is 6.54 Å². The highest BCUT2D eigenvalue weighted by Gasteiger charge is 2.02. The summed E-state index contributed by atoms with van der Waals surface area (Å²) >= 11 is 5.83. The van der Waals surface area contributed by atoms with E-state index in [-0.39, 0.29) is 5.82 Å². The Morgan fingerprint density at radius 2 is 1.89 bits per heavy atom. The van der Waals surface area contributed by atoms with Crippen LogP contribution in [0.3, 0.4) is 0 Å². The molecule has 0 atom stereocenters. The third kappa shape index (κ3) is 3.86. The summed E-state index contributed by atoms with van der Waals surface area (Å²) in [6.45, 7) is 3.12. The Balaban J connectivity index is 2.00. The van der Waals surface area contributed by atoms with E-state index in [0.29, 0.717) is 23.9 Å². The fourth-order valence-electron chi connectivity index (χ4n) is 1.70. The first kappa shape index (κ1) is 13.7. The molecular weight excluding hydrogens is 265 g/mol. The molecule has 1 N–H and O–H groups in total. The van der Waals surface area contributed by atoms with Crippen molar-refractivity contribution in [1.82, 2.24) is 0 Å². The second-order valence-corrected chi connectivity index (χ2v) is 4.49. The summed E-state index contributed by atoms with van der Waals surface area (Å²) in [4.78, 5) is 0. The summed E-state index contributed by atoms with van der Waals surface area (Å²) < 4.78 is 18.9. The molecular formula is C15H15ClFNO. The van der Waals surface area contributed by atoms with Gasteiger partial charge in [0.2, 0.25) is 0 Å². The molecule has 2 aromatic rings. The van der Waals surface area contributed by atoms with Crippen LogP contribution < -0.4 is 10.1 Å². The van der Waals surface area contributed by atoms with Crippen molar-refractivity contribution in [3.05, 3.63) is 58.9 Å². The molecule has 19 heavy (non-hydrogen) atoms. The van der Waals surface area contributed by atoms with Gasteiger partial charge in [-0.3, -0.25) is 0 Å². The molecule has 0 amide bonds. The van der Waals surface area contributed by atoms with Gasteiger partial charge >= 0.3 is 0 Å². The number of ether oxygens (including phenoxy) is 1. The van der Waals surface area contributed by atoms with Gasteiger partial charge in [-0.15, -0.1) is 0 Å². The Hall–Kier alpha value is -1.74. The van der Waals surface area contributed by atoms with Gasteiger partial charge in [-0.25, -0.2) is 4.39 Å². The molecule has 2 nitrogen and oxygen atoms in total. The van der Waals surface area contributed by atoms with Gasteiger partial charge in [0.15, 0.2) is 0 Å². The first-order chi connectivity index (χ1) is 9.19. The zero-order valence-corrected chi connectivity index (χ0v) is 11.4. The quantitative estimate of drug-likeness (QED) is 0.871. The van der Waals surface area contributed by atoms with Gasteiger partial charge in [0.1, 0.15) is 11.6 Å². The Morgan fingerprint density at radius 3 is 2.58 bits per heavy atom. The maximum atomic E-state index is 13.5. The average molecular weight is 280 g/mol. The van der Waals surface area contributed by atoms with Crippen molar-refractivity contribution in [3.8, 4) is 5.75 Å². The van der Waals surface area contributed by atoms with Crippen LogP contribution >= 0.6 is 11.6 Å². The third-order valence-corrected chi connectivity index (χ3v) is 2.88. The van der Waals surface area contributed by atoms with Gasteiger partial charge in [0.05, 0.1) is 12.3 Å². The maximum Gasteiger partial charge on any atom is 0.146 e. The monoisotopic (exact) mass is 279 g/mol. The molecule has 0 aliphatic rings. The normalized spacial score (nSPS) is 10.3. The Bertz CT molecular complexity index is 542. The SMILES string of the molecule is CCOc1ccc(CNc2cc(Cl)ccc2F)cc1. The van der Waals surface area contributed by atoms with Crippen LogP contribution in [0.4, 0.5) is 10.1 Å². The lowest BCUT2D eigenvalue weighted by Gasteiger charge is -2.09. The molecule has 0 spiro atoms. The van der Waals surface area contributed by atoms with Crippen LogP contribution in [0.5, 0.6) is 5.75 Å². The van der Waals surface area contributed by atoms with Crippen molar-refractivity contribution in [2.24, 2.45) is 0 Å². The van der Waals surface area contributed by atoms with Crippen LogP contribution in [0.15, 0.2) is 42.5 Å². The first-order valence-corrected chi connectivity index (χ1v) is 6.47.